The Hall–Kier alpha value is -0.610. The first-order valence-electron chi connectivity index (χ1n) is 4.09. The fourth-order valence-electron chi connectivity index (χ4n) is 1.10. The van der Waals surface area contributed by atoms with Crippen molar-refractivity contribution >= 4 is 5.97 Å². The monoisotopic (exact) mass is 174 g/mol. The summed E-state index contributed by atoms with van der Waals surface area (Å²) in [5, 5.41) is 0. The van der Waals surface area contributed by atoms with Crippen molar-refractivity contribution in [2.45, 2.75) is 32.2 Å². The molecule has 4 heteroatoms. The third kappa shape index (κ3) is 2.46. The lowest BCUT2D eigenvalue weighted by atomic mass is 10.3. The molecule has 0 aromatic rings. The van der Waals surface area contributed by atoms with Gasteiger partial charge in [-0.1, -0.05) is 0 Å². The minimum atomic E-state index is -0.530. The molecule has 1 aliphatic heterocycles. The molecule has 1 heterocycles. The van der Waals surface area contributed by atoms with Crippen molar-refractivity contribution in [2.24, 2.45) is 0 Å². The van der Waals surface area contributed by atoms with E-state index >= 15 is 0 Å². The van der Waals surface area contributed by atoms with E-state index in [9.17, 15) is 4.79 Å². The van der Waals surface area contributed by atoms with Crippen molar-refractivity contribution in [3.05, 3.63) is 0 Å². The number of hydrogen-bond donors (Lipinski definition) is 0. The van der Waals surface area contributed by atoms with Crippen LogP contribution in [-0.2, 0) is 19.0 Å². The summed E-state index contributed by atoms with van der Waals surface area (Å²) in [4.78, 5) is 10.9. The first kappa shape index (κ1) is 9.48. The lowest BCUT2D eigenvalue weighted by Gasteiger charge is -2.15. The van der Waals surface area contributed by atoms with E-state index in [4.69, 9.17) is 9.47 Å². The number of carbonyl (C=O) groups is 1. The van der Waals surface area contributed by atoms with Crippen molar-refractivity contribution in [1.29, 1.82) is 0 Å². The summed E-state index contributed by atoms with van der Waals surface area (Å²) in [6.45, 7) is 2.38. The molecular weight excluding hydrogens is 160 g/mol. The summed E-state index contributed by atoms with van der Waals surface area (Å²) in [5.41, 5.74) is 0. The topological polar surface area (TPSA) is 44.8 Å². The Balaban J connectivity index is 2.24. The molecule has 2 atom stereocenters. The Morgan fingerprint density at radius 3 is 2.92 bits per heavy atom. The van der Waals surface area contributed by atoms with Gasteiger partial charge < -0.3 is 14.2 Å². The van der Waals surface area contributed by atoms with Crippen molar-refractivity contribution < 1.29 is 19.0 Å². The standard InChI is InChI=1S/C8H14O4/c1-6(8(9)10-2)12-7-4-3-5-11-7/h6-7H,3-5H2,1-2H3/t6-,7+/m0/s1. The van der Waals surface area contributed by atoms with E-state index in [0.717, 1.165) is 19.4 Å². The summed E-state index contributed by atoms with van der Waals surface area (Å²) >= 11 is 0. The maximum Gasteiger partial charge on any atom is 0.334 e. The Bertz CT molecular complexity index is 151. The predicted octanol–water partition coefficient (Wildman–Crippen LogP) is 0.701. The van der Waals surface area contributed by atoms with E-state index in [1.165, 1.54) is 7.11 Å². The Morgan fingerprint density at radius 2 is 2.42 bits per heavy atom. The summed E-state index contributed by atoms with van der Waals surface area (Å²) < 4.78 is 15.0. The molecule has 0 bridgehead atoms. The number of hydrogen-bond acceptors (Lipinski definition) is 4. The van der Waals surface area contributed by atoms with E-state index in [1.54, 1.807) is 6.92 Å². The van der Waals surface area contributed by atoms with Crippen LogP contribution in [0.25, 0.3) is 0 Å². The average molecular weight is 174 g/mol. The van der Waals surface area contributed by atoms with Crippen LogP contribution in [0, 0.1) is 0 Å². The van der Waals surface area contributed by atoms with Gasteiger partial charge in [0.2, 0.25) is 0 Å². The van der Waals surface area contributed by atoms with Gasteiger partial charge in [0.15, 0.2) is 12.4 Å². The highest BCUT2D eigenvalue weighted by Crippen LogP contribution is 2.15. The SMILES string of the molecule is COC(=O)[C@H](C)O[C@@H]1CCCO1. The zero-order valence-electron chi connectivity index (χ0n) is 7.41. The zero-order valence-corrected chi connectivity index (χ0v) is 7.41. The molecule has 0 aliphatic carbocycles. The van der Waals surface area contributed by atoms with Crippen LogP contribution < -0.4 is 0 Å². The minimum Gasteiger partial charge on any atom is -0.467 e. The van der Waals surface area contributed by atoms with Gasteiger partial charge in [0.05, 0.1) is 7.11 Å². The molecule has 0 aromatic heterocycles. The molecule has 0 aromatic carbocycles. The van der Waals surface area contributed by atoms with E-state index in [-0.39, 0.29) is 12.3 Å². The quantitative estimate of drug-likeness (QED) is 0.591. The second-order valence-corrected chi connectivity index (χ2v) is 2.74. The smallest absolute Gasteiger partial charge is 0.334 e. The van der Waals surface area contributed by atoms with Gasteiger partial charge in [0, 0.05) is 13.0 Å². The lowest BCUT2D eigenvalue weighted by Crippen LogP contribution is -2.27. The fourth-order valence-corrected chi connectivity index (χ4v) is 1.10. The molecule has 1 rings (SSSR count). The molecule has 70 valence electrons. The molecule has 0 saturated carbocycles. The second kappa shape index (κ2) is 4.42. The van der Waals surface area contributed by atoms with Gasteiger partial charge in [-0.15, -0.1) is 0 Å². The molecule has 0 radical (unpaired) electrons. The van der Waals surface area contributed by atoms with Crippen molar-refractivity contribution in [1.82, 2.24) is 0 Å². The molecule has 1 fully saturated rings. The van der Waals surface area contributed by atoms with E-state index in [0.29, 0.717) is 0 Å². The van der Waals surface area contributed by atoms with Gasteiger partial charge in [-0.2, -0.15) is 0 Å². The number of carbonyl (C=O) groups excluding carboxylic acids is 1. The zero-order chi connectivity index (χ0) is 8.97. The van der Waals surface area contributed by atoms with Crippen molar-refractivity contribution in [3.8, 4) is 0 Å². The number of ether oxygens (including phenoxy) is 3. The van der Waals surface area contributed by atoms with Gasteiger partial charge in [0.25, 0.3) is 0 Å². The van der Waals surface area contributed by atoms with Gasteiger partial charge in [0.1, 0.15) is 0 Å². The minimum absolute atomic E-state index is 0.223. The molecule has 1 aliphatic rings. The highest BCUT2D eigenvalue weighted by atomic mass is 16.7. The average Bonchev–Trinajstić information content (AvgIpc) is 2.55. The Kier molecular flexibility index (Phi) is 3.49. The van der Waals surface area contributed by atoms with Gasteiger partial charge in [-0.25, -0.2) is 4.79 Å². The van der Waals surface area contributed by atoms with Crippen LogP contribution in [0.2, 0.25) is 0 Å². The lowest BCUT2D eigenvalue weighted by molar-refractivity contribution is -0.177. The number of esters is 1. The third-order valence-corrected chi connectivity index (χ3v) is 1.78. The molecule has 0 N–H and O–H groups in total. The van der Waals surface area contributed by atoms with Crippen LogP contribution in [0.15, 0.2) is 0 Å². The van der Waals surface area contributed by atoms with Gasteiger partial charge in [-0.3, -0.25) is 0 Å². The molecule has 4 nitrogen and oxygen atoms in total. The number of rotatable bonds is 3. The van der Waals surface area contributed by atoms with Gasteiger partial charge in [-0.05, 0) is 13.3 Å². The molecule has 12 heavy (non-hydrogen) atoms. The van der Waals surface area contributed by atoms with Crippen molar-refractivity contribution in [3.63, 3.8) is 0 Å². The summed E-state index contributed by atoms with van der Waals surface area (Å²) in [5.74, 6) is -0.356. The normalized spacial score (nSPS) is 25.3. The third-order valence-electron chi connectivity index (χ3n) is 1.78. The van der Waals surface area contributed by atoms with E-state index in [2.05, 4.69) is 4.74 Å². The van der Waals surface area contributed by atoms with Crippen LogP contribution >= 0.6 is 0 Å². The molecule has 0 spiro atoms. The largest absolute Gasteiger partial charge is 0.467 e. The fraction of sp³-hybridized carbons (Fsp3) is 0.875. The number of methoxy groups -OCH3 is 1. The van der Waals surface area contributed by atoms with Gasteiger partial charge >= 0.3 is 5.97 Å². The first-order chi connectivity index (χ1) is 5.74. The second-order valence-electron chi connectivity index (χ2n) is 2.74. The molecular formula is C8H14O4. The van der Waals surface area contributed by atoms with Crippen LogP contribution in [0.3, 0.4) is 0 Å². The van der Waals surface area contributed by atoms with Crippen LogP contribution in [0.4, 0.5) is 0 Å². The maximum absolute atomic E-state index is 10.9. The highest BCUT2D eigenvalue weighted by molar-refractivity contribution is 5.73. The van der Waals surface area contributed by atoms with E-state index in [1.807, 2.05) is 0 Å². The Morgan fingerprint density at radius 1 is 1.67 bits per heavy atom. The summed E-state index contributed by atoms with van der Waals surface area (Å²) in [6.07, 6.45) is 1.11. The Labute approximate surface area is 71.8 Å². The molecule has 0 unspecified atom stereocenters. The highest BCUT2D eigenvalue weighted by Gasteiger charge is 2.22. The van der Waals surface area contributed by atoms with Crippen LogP contribution in [-0.4, -0.2) is 32.1 Å². The summed E-state index contributed by atoms with van der Waals surface area (Å²) in [7, 11) is 1.34. The predicted molar refractivity (Wildman–Crippen MR) is 41.5 cm³/mol. The first-order valence-corrected chi connectivity index (χ1v) is 4.09. The van der Waals surface area contributed by atoms with E-state index < -0.39 is 6.10 Å². The van der Waals surface area contributed by atoms with Crippen molar-refractivity contribution in [2.75, 3.05) is 13.7 Å². The molecule has 0 amide bonds. The summed E-state index contributed by atoms with van der Waals surface area (Å²) in [6, 6.07) is 0. The molecule has 1 saturated heterocycles. The maximum atomic E-state index is 10.9. The van der Waals surface area contributed by atoms with Crippen LogP contribution in [0.5, 0.6) is 0 Å². The van der Waals surface area contributed by atoms with Crippen LogP contribution in [0.1, 0.15) is 19.8 Å².